The van der Waals surface area contributed by atoms with Gasteiger partial charge in [0, 0.05) is 24.6 Å². The Morgan fingerprint density at radius 3 is 2.74 bits per heavy atom. The van der Waals surface area contributed by atoms with Crippen molar-refractivity contribution in [2.45, 2.75) is 39.5 Å². The fraction of sp³-hybridized carbons (Fsp3) is 0.529. The topological polar surface area (TPSA) is 96.7 Å². The molecule has 4 N–H and O–H groups in total. The van der Waals surface area contributed by atoms with Crippen LogP contribution in [0.3, 0.4) is 0 Å². The van der Waals surface area contributed by atoms with Gasteiger partial charge in [-0.1, -0.05) is 19.9 Å². The van der Waals surface area contributed by atoms with Crippen molar-refractivity contribution in [3.8, 4) is 0 Å². The SMILES string of the molecule is Cc1cc2c(cc1C(=N)NO)CCN(C(=O)O)CC2CC(C)C. The third kappa shape index (κ3) is 3.82. The van der Waals surface area contributed by atoms with E-state index in [0.29, 0.717) is 31.0 Å². The van der Waals surface area contributed by atoms with E-state index in [4.69, 9.17) is 10.6 Å². The van der Waals surface area contributed by atoms with Crippen LogP contribution in [0.4, 0.5) is 4.79 Å². The summed E-state index contributed by atoms with van der Waals surface area (Å²) in [5, 5.41) is 26.2. The van der Waals surface area contributed by atoms with Gasteiger partial charge in [-0.05, 0) is 48.4 Å². The summed E-state index contributed by atoms with van der Waals surface area (Å²) in [4.78, 5) is 12.9. The first kappa shape index (κ1) is 17.3. The molecule has 0 saturated heterocycles. The van der Waals surface area contributed by atoms with Crippen LogP contribution < -0.4 is 5.48 Å². The van der Waals surface area contributed by atoms with Gasteiger partial charge in [-0.15, -0.1) is 0 Å². The first-order valence-electron chi connectivity index (χ1n) is 7.93. The summed E-state index contributed by atoms with van der Waals surface area (Å²) in [7, 11) is 0. The molecule has 0 aliphatic carbocycles. The summed E-state index contributed by atoms with van der Waals surface area (Å²) in [6.07, 6.45) is 0.668. The Morgan fingerprint density at radius 1 is 1.48 bits per heavy atom. The van der Waals surface area contributed by atoms with E-state index >= 15 is 0 Å². The summed E-state index contributed by atoms with van der Waals surface area (Å²) in [6, 6.07) is 3.96. The highest BCUT2D eigenvalue weighted by Crippen LogP contribution is 2.32. The molecule has 23 heavy (non-hydrogen) atoms. The van der Waals surface area contributed by atoms with Gasteiger partial charge in [0.25, 0.3) is 0 Å². The van der Waals surface area contributed by atoms with Crippen molar-refractivity contribution in [2.24, 2.45) is 5.92 Å². The Bertz CT molecular complexity index is 613. The van der Waals surface area contributed by atoms with Gasteiger partial charge < -0.3 is 10.0 Å². The maximum atomic E-state index is 11.4. The second-order valence-corrected chi connectivity index (χ2v) is 6.66. The second kappa shape index (κ2) is 7.00. The number of hydrogen-bond acceptors (Lipinski definition) is 3. The van der Waals surface area contributed by atoms with E-state index in [2.05, 4.69) is 19.9 Å². The number of carbonyl (C=O) groups is 1. The van der Waals surface area contributed by atoms with Gasteiger partial charge in [0.15, 0.2) is 0 Å². The lowest BCUT2D eigenvalue weighted by Gasteiger charge is -2.24. The van der Waals surface area contributed by atoms with Gasteiger partial charge in [-0.3, -0.25) is 16.1 Å². The van der Waals surface area contributed by atoms with E-state index in [9.17, 15) is 9.90 Å². The molecule has 0 fully saturated rings. The molecule has 0 bridgehead atoms. The number of aryl methyl sites for hydroxylation is 1. The number of hydrogen-bond donors (Lipinski definition) is 4. The molecule has 1 amide bonds. The molecule has 6 heteroatoms. The zero-order valence-corrected chi connectivity index (χ0v) is 13.9. The third-order valence-corrected chi connectivity index (χ3v) is 4.43. The van der Waals surface area contributed by atoms with Crippen LogP contribution in [0, 0.1) is 18.3 Å². The van der Waals surface area contributed by atoms with Crippen LogP contribution in [0.5, 0.6) is 0 Å². The molecule has 2 rings (SSSR count). The van der Waals surface area contributed by atoms with Crippen molar-refractivity contribution >= 4 is 11.9 Å². The number of benzene rings is 1. The van der Waals surface area contributed by atoms with Gasteiger partial charge in [0.2, 0.25) is 0 Å². The highest BCUT2D eigenvalue weighted by Gasteiger charge is 2.27. The molecular formula is C17H25N3O3. The first-order valence-corrected chi connectivity index (χ1v) is 7.93. The fourth-order valence-corrected chi connectivity index (χ4v) is 3.36. The molecular weight excluding hydrogens is 294 g/mol. The molecule has 0 spiro atoms. The summed E-state index contributed by atoms with van der Waals surface area (Å²) >= 11 is 0. The highest BCUT2D eigenvalue weighted by atomic mass is 16.5. The summed E-state index contributed by atoms with van der Waals surface area (Å²) in [6.45, 7) is 7.16. The molecule has 126 valence electrons. The number of amidine groups is 1. The monoisotopic (exact) mass is 319 g/mol. The third-order valence-electron chi connectivity index (χ3n) is 4.43. The Balaban J connectivity index is 2.46. The van der Waals surface area contributed by atoms with E-state index in [1.165, 1.54) is 10.5 Å². The minimum atomic E-state index is -0.881. The van der Waals surface area contributed by atoms with Crippen molar-refractivity contribution in [1.29, 1.82) is 5.41 Å². The summed E-state index contributed by atoms with van der Waals surface area (Å²) in [5.74, 6) is 0.594. The zero-order valence-electron chi connectivity index (χ0n) is 13.9. The Kier molecular flexibility index (Phi) is 5.26. The van der Waals surface area contributed by atoms with Gasteiger partial charge in [-0.25, -0.2) is 4.79 Å². The predicted octanol–water partition coefficient (Wildman–Crippen LogP) is 2.96. The van der Waals surface area contributed by atoms with Gasteiger partial charge in [-0.2, -0.15) is 0 Å². The van der Waals surface area contributed by atoms with Crippen molar-refractivity contribution < 1.29 is 15.1 Å². The van der Waals surface area contributed by atoms with Crippen molar-refractivity contribution in [3.63, 3.8) is 0 Å². The highest BCUT2D eigenvalue weighted by molar-refractivity contribution is 5.97. The number of amides is 1. The number of nitrogens with one attached hydrogen (secondary N) is 2. The minimum absolute atomic E-state index is 0.0370. The van der Waals surface area contributed by atoms with Crippen LogP contribution in [0.25, 0.3) is 0 Å². The number of carboxylic acid groups (broad SMARTS) is 1. The summed E-state index contributed by atoms with van der Waals surface area (Å²) < 4.78 is 0. The summed E-state index contributed by atoms with van der Waals surface area (Å²) in [5.41, 5.74) is 5.70. The lowest BCUT2D eigenvalue weighted by molar-refractivity contribution is 0.142. The molecule has 1 aliphatic heterocycles. The first-order chi connectivity index (χ1) is 10.8. The number of fused-ring (bicyclic) bond motifs is 1. The second-order valence-electron chi connectivity index (χ2n) is 6.66. The van der Waals surface area contributed by atoms with E-state index in [1.807, 2.05) is 18.5 Å². The van der Waals surface area contributed by atoms with Crippen LogP contribution >= 0.6 is 0 Å². The average Bonchev–Trinajstić information content (AvgIpc) is 2.65. The fourth-order valence-electron chi connectivity index (χ4n) is 3.36. The van der Waals surface area contributed by atoms with Crippen LogP contribution in [-0.2, 0) is 6.42 Å². The molecule has 1 atom stereocenters. The number of nitrogens with zero attached hydrogens (tertiary/aromatic N) is 1. The van der Waals surface area contributed by atoms with Gasteiger partial charge in [0.1, 0.15) is 5.84 Å². The van der Waals surface area contributed by atoms with E-state index in [0.717, 1.165) is 17.5 Å². The van der Waals surface area contributed by atoms with Gasteiger partial charge >= 0.3 is 6.09 Å². The normalized spacial score (nSPS) is 17.6. The number of hydroxylamine groups is 1. The standard InChI is InChI=1S/C17H25N3O3/c1-10(2)6-13-9-20(17(21)22)5-4-12-8-14(16(18)19-23)11(3)7-15(12)13/h7-8,10,13,23H,4-6,9H2,1-3H3,(H2,18,19)(H,21,22). The van der Waals surface area contributed by atoms with Crippen molar-refractivity contribution in [2.75, 3.05) is 13.1 Å². The Hall–Kier alpha value is -2.08. The maximum Gasteiger partial charge on any atom is 0.407 e. The van der Waals surface area contributed by atoms with E-state index < -0.39 is 6.09 Å². The maximum absolute atomic E-state index is 11.4. The Labute approximate surface area is 136 Å². The zero-order chi connectivity index (χ0) is 17.1. The van der Waals surface area contributed by atoms with Crippen molar-refractivity contribution in [3.05, 3.63) is 34.4 Å². The Morgan fingerprint density at radius 2 is 2.17 bits per heavy atom. The van der Waals surface area contributed by atoms with Crippen LogP contribution in [0.15, 0.2) is 12.1 Å². The van der Waals surface area contributed by atoms with Crippen LogP contribution in [0.1, 0.15) is 48.4 Å². The van der Waals surface area contributed by atoms with E-state index in [1.54, 1.807) is 0 Å². The molecule has 0 radical (unpaired) electrons. The number of rotatable bonds is 3. The molecule has 1 aromatic rings. The van der Waals surface area contributed by atoms with E-state index in [-0.39, 0.29) is 11.8 Å². The molecule has 0 saturated carbocycles. The quantitative estimate of drug-likeness (QED) is 0.391. The predicted molar refractivity (Wildman–Crippen MR) is 88.4 cm³/mol. The lowest BCUT2D eigenvalue weighted by Crippen LogP contribution is -2.33. The lowest BCUT2D eigenvalue weighted by atomic mass is 9.85. The molecule has 1 aliphatic rings. The van der Waals surface area contributed by atoms with Gasteiger partial charge in [0.05, 0.1) is 0 Å². The van der Waals surface area contributed by atoms with Crippen molar-refractivity contribution in [1.82, 2.24) is 10.4 Å². The largest absolute Gasteiger partial charge is 0.465 e. The van der Waals surface area contributed by atoms with Crippen LogP contribution in [0.2, 0.25) is 0 Å². The van der Waals surface area contributed by atoms with Crippen LogP contribution in [-0.4, -0.2) is 40.2 Å². The molecule has 1 aromatic carbocycles. The molecule has 6 nitrogen and oxygen atoms in total. The minimum Gasteiger partial charge on any atom is -0.465 e. The molecule has 0 aromatic heterocycles. The average molecular weight is 319 g/mol. The smallest absolute Gasteiger partial charge is 0.407 e. The molecule has 1 heterocycles. The molecule has 1 unspecified atom stereocenters.